The van der Waals surface area contributed by atoms with E-state index in [0.717, 1.165) is 16.3 Å². The number of hydrogen-bond donors (Lipinski definition) is 1. The molecule has 0 aliphatic carbocycles. The third-order valence-electron chi connectivity index (χ3n) is 3.81. The monoisotopic (exact) mass is 301 g/mol. The molecular weight excluding hydrogens is 290 g/mol. The number of nitriles is 1. The summed E-state index contributed by atoms with van der Waals surface area (Å²) in [4.78, 5) is 19.8. The number of carbonyl (C=O) groups excluding carboxylic acids is 1. The van der Waals surface area contributed by atoms with Gasteiger partial charge in [0, 0.05) is 28.7 Å². The van der Waals surface area contributed by atoms with Gasteiger partial charge in [0.15, 0.2) is 11.5 Å². The highest BCUT2D eigenvalue weighted by molar-refractivity contribution is 6.07. The Bertz CT molecular complexity index is 1080. The average molecular weight is 301 g/mol. The van der Waals surface area contributed by atoms with Gasteiger partial charge >= 0.3 is 0 Å². The van der Waals surface area contributed by atoms with Crippen LogP contribution in [0.3, 0.4) is 0 Å². The van der Waals surface area contributed by atoms with Crippen LogP contribution in [0.2, 0.25) is 0 Å². The molecule has 0 bridgehead atoms. The van der Waals surface area contributed by atoms with Crippen LogP contribution in [0.1, 0.15) is 16.1 Å². The van der Waals surface area contributed by atoms with E-state index >= 15 is 0 Å². The zero-order valence-corrected chi connectivity index (χ0v) is 12.0. The fourth-order valence-corrected chi connectivity index (χ4v) is 2.74. The molecule has 6 nitrogen and oxygen atoms in total. The molecule has 0 unspecified atom stereocenters. The Balaban J connectivity index is 1.76. The second-order valence-corrected chi connectivity index (χ2v) is 5.16. The summed E-state index contributed by atoms with van der Waals surface area (Å²) in [5.41, 5.74) is 2.36. The number of nitrogens with zero attached hydrogens (tertiary/aromatic N) is 4. The molecule has 0 aliphatic heterocycles. The summed E-state index contributed by atoms with van der Waals surface area (Å²) >= 11 is 0. The third-order valence-corrected chi connectivity index (χ3v) is 3.81. The van der Waals surface area contributed by atoms with Crippen LogP contribution in [-0.2, 0) is 6.54 Å². The van der Waals surface area contributed by atoms with Gasteiger partial charge in [0.05, 0.1) is 5.52 Å². The maximum atomic E-state index is 12.6. The largest absolute Gasteiger partial charge is 0.345 e. The molecule has 0 saturated heterocycles. The molecule has 0 radical (unpaired) electrons. The summed E-state index contributed by atoms with van der Waals surface area (Å²) in [6, 6.07) is 13.1. The van der Waals surface area contributed by atoms with Crippen LogP contribution < -0.4 is 0 Å². The number of aromatic nitrogens is 4. The number of Topliss-reactive ketones (excluding diaryl/α,β-unsaturated/α-hetero) is 1. The number of hydrogen-bond acceptors (Lipinski definition) is 4. The maximum Gasteiger partial charge on any atom is 0.186 e. The van der Waals surface area contributed by atoms with Crippen LogP contribution in [0.5, 0.6) is 0 Å². The number of ketones is 1. The van der Waals surface area contributed by atoms with Crippen molar-refractivity contribution in [3.63, 3.8) is 0 Å². The number of nitrogens with one attached hydrogen (secondary N) is 1. The summed E-state index contributed by atoms with van der Waals surface area (Å²) in [5, 5.41) is 15.0. The summed E-state index contributed by atoms with van der Waals surface area (Å²) in [5.74, 6) is -0.0815. The zero-order valence-electron chi connectivity index (χ0n) is 12.0. The maximum absolute atomic E-state index is 12.6. The van der Waals surface area contributed by atoms with Crippen molar-refractivity contribution in [1.82, 2.24) is 19.7 Å². The van der Waals surface area contributed by atoms with E-state index in [9.17, 15) is 10.1 Å². The number of para-hydroxylation sites is 1. The first kappa shape index (κ1) is 13.2. The van der Waals surface area contributed by atoms with Gasteiger partial charge in [-0.3, -0.25) is 9.48 Å². The molecule has 6 heteroatoms. The van der Waals surface area contributed by atoms with Crippen LogP contribution in [0.15, 0.2) is 48.8 Å². The van der Waals surface area contributed by atoms with Gasteiger partial charge in [-0.25, -0.2) is 4.98 Å². The molecule has 0 aliphatic rings. The molecule has 0 atom stereocenters. The Morgan fingerprint density at radius 3 is 2.91 bits per heavy atom. The second kappa shape index (κ2) is 5.07. The van der Waals surface area contributed by atoms with E-state index in [1.165, 1.54) is 0 Å². The molecule has 3 aromatic heterocycles. The Morgan fingerprint density at radius 1 is 1.22 bits per heavy atom. The second-order valence-electron chi connectivity index (χ2n) is 5.16. The minimum atomic E-state index is -0.0815. The lowest BCUT2D eigenvalue weighted by atomic mass is 10.1. The molecule has 110 valence electrons. The van der Waals surface area contributed by atoms with E-state index in [-0.39, 0.29) is 12.3 Å². The molecule has 0 saturated carbocycles. The van der Waals surface area contributed by atoms with Crippen LogP contribution in [-0.4, -0.2) is 25.5 Å². The van der Waals surface area contributed by atoms with Crippen molar-refractivity contribution >= 4 is 27.7 Å². The highest BCUT2D eigenvalue weighted by Gasteiger charge is 2.16. The third kappa shape index (κ3) is 2.07. The highest BCUT2D eigenvalue weighted by Crippen LogP contribution is 2.20. The molecule has 23 heavy (non-hydrogen) atoms. The number of H-pyrrole nitrogens is 1. The molecule has 3 heterocycles. The van der Waals surface area contributed by atoms with Crippen molar-refractivity contribution in [2.24, 2.45) is 0 Å². The Kier molecular flexibility index (Phi) is 2.91. The van der Waals surface area contributed by atoms with Crippen molar-refractivity contribution in [2.45, 2.75) is 6.54 Å². The first-order chi connectivity index (χ1) is 11.3. The number of fused-ring (bicyclic) bond motifs is 2. The fraction of sp³-hybridized carbons (Fsp3) is 0.0588. The molecule has 4 aromatic rings. The lowest BCUT2D eigenvalue weighted by molar-refractivity contribution is 0.0971. The summed E-state index contributed by atoms with van der Waals surface area (Å²) < 4.78 is 1.57. The Hall–Kier alpha value is -3.46. The number of benzene rings is 1. The van der Waals surface area contributed by atoms with Crippen LogP contribution in [0.4, 0.5) is 0 Å². The number of carbonyl (C=O) groups is 1. The van der Waals surface area contributed by atoms with Crippen molar-refractivity contribution < 1.29 is 4.79 Å². The van der Waals surface area contributed by atoms with E-state index in [1.54, 1.807) is 23.1 Å². The number of aromatic amines is 1. The summed E-state index contributed by atoms with van der Waals surface area (Å²) in [6.07, 6.45) is 3.34. The van der Waals surface area contributed by atoms with Crippen LogP contribution in [0.25, 0.3) is 21.9 Å². The van der Waals surface area contributed by atoms with Gasteiger partial charge < -0.3 is 4.98 Å². The van der Waals surface area contributed by atoms with Crippen molar-refractivity contribution in [3.8, 4) is 6.07 Å². The van der Waals surface area contributed by atoms with Gasteiger partial charge in [0.1, 0.15) is 18.3 Å². The predicted molar refractivity (Wildman–Crippen MR) is 84.9 cm³/mol. The van der Waals surface area contributed by atoms with E-state index in [0.29, 0.717) is 16.9 Å². The first-order valence-electron chi connectivity index (χ1n) is 7.09. The molecule has 0 amide bonds. The van der Waals surface area contributed by atoms with Crippen LogP contribution in [0, 0.1) is 11.3 Å². The summed E-state index contributed by atoms with van der Waals surface area (Å²) in [7, 11) is 0. The smallest absolute Gasteiger partial charge is 0.186 e. The number of pyridine rings is 1. The topological polar surface area (TPSA) is 87.4 Å². The van der Waals surface area contributed by atoms with Gasteiger partial charge in [0.2, 0.25) is 0 Å². The molecule has 1 N–H and O–H groups in total. The molecule has 1 aromatic carbocycles. The minimum Gasteiger partial charge on any atom is -0.345 e. The van der Waals surface area contributed by atoms with Crippen molar-refractivity contribution in [3.05, 3.63) is 60.0 Å². The average Bonchev–Trinajstić information content (AvgIpc) is 3.17. The van der Waals surface area contributed by atoms with Gasteiger partial charge in [-0.05, 0) is 24.3 Å². The van der Waals surface area contributed by atoms with Gasteiger partial charge in [-0.15, -0.1) is 0 Å². The SMILES string of the molecule is N#Cc1nn(CC(=O)c2c[nH]c3ncccc23)c2ccccc12. The van der Waals surface area contributed by atoms with Gasteiger partial charge in [0.25, 0.3) is 0 Å². The normalized spacial score (nSPS) is 10.9. The summed E-state index contributed by atoms with van der Waals surface area (Å²) in [6.45, 7) is 0.0735. The van der Waals surface area contributed by atoms with E-state index in [1.807, 2.05) is 30.3 Å². The first-order valence-corrected chi connectivity index (χ1v) is 7.09. The van der Waals surface area contributed by atoms with E-state index in [2.05, 4.69) is 21.1 Å². The minimum absolute atomic E-state index is 0.0735. The lowest BCUT2D eigenvalue weighted by Gasteiger charge is -2.02. The van der Waals surface area contributed by atoms with Gasteiger partial charge in [-0.1, -0.05) is 12.1 Å². The van der Waals surface area contributed by atoms with Crippen molar-refractivity contribution in [2.75, 3.05) is 0 Å². The van der Waals surface area contributed by atoms with Gasteiger partial charge in [-0.2, -0.15) is 10.4 Å². The number of rotatable bonds is 3. The zero-order chi connectivity index (χ0) is 15.8. The van der Waals surface area contributed by atoms with E-state index in [4.69, 9.17) is 0 Å². The predicted octanol–water partition coefficient (Wildman–Crippen LogP) is 2.67. The van der Waals surface area contributed by atoms with E-state index < -0.39 is 0 Å². The molecule has 4 rings (SSSR count). The Labute approximate surface area is 131 Å². The fourth-order valence-electron chi connectivity index (χ4n) is 2.74. The Morgan fingerprint density at radius 2 is 2.04 bits per heavy atom. The molecule has 0 spiro atoms. The standard InChI is InChI=1S/C17H11N5O/c18-8-14-12-4-1-2-6-15(12)22(21-14)10-16(23)13-9-20-17-11(13)5-3-7-19-17/h1-7,9H,10H2,(H,19,20). The highest BCUT2D eigenvalue weighted by atomic mass is 16.1. The van der Waals surface area contributed by atoms with Crippen molar-refractivity contribution in [1.29, 1.82) is 5.26 Å². The quantitative estimate of drug-likeness (QED) is 0.589. The molecular formula is C17H11N5O. The molecule has 0 fully saturated rings. The van der Waals surface area contributed by atoms with Crippen LogP contribution >= 0.6 is 0 Å². The lowest BCUT2D eigenvalue weighted by Crippen LogP contribution is -2.11.